The van der Waals surface area contributed by atoms with E-state index in [2.05, 4.69) is 26.0 Å². The number of nitrogens with zero attached hydrogens (tertiary/aromatic N) is 1. The Morgan fingerprint density at radius 2 is 1.82 bits per heavy atom. The maximum atomic E-state index is 11.5. The number of likely N-dealkylation sites (N-methyl/N-ethyl adjacent to an activating group) is 1. The van der Waals surface area contributed by atoms with E-state index in [0.717, 1.165) is 10.6 Å². The van der Waals surface area contributed by atoms with Crippen molar-refractivity contribution >= 4 is 5.91 Å². The lowest BCUT2D eigenvalue weighted by Crippen LogP contribution is -2.46. The van der Waals surface area contributed by atoms with Crippen molar-refractivity contribution in [2.24, 2.45) is 11.6 Å². The zero-order valence-corrected chi connectivity index (χ0v) is 10.7. The molecule has 94 valence electrons. The van der Waals surface area contributed by atoms with Crippen molar-refractivity contribution < 1.29 is 4.79 Å². The van der Waals surface area contributed by atoms with Crippen LogP contribution in [0, 0.1) is 0 Å². The Bertz CT molecular complexity index is 371. The molecule has 0 aromatic heterocycles. The van der Waals surface area contributed by atoms with Crippen molar-refractivity contribution in [1.82, 2.24) is 5.01 Å². The summed E-state index contributed by atoms with van der Waals surface area (Å²) in [5.41, 5.74) is 8.11. The third-order valence-corrected chi connectivity index (χ3v) is 2.77. The van der Waals surface area contributed by atoms with Gasteiger partial charge in [0.15, 0.2) is 0 Å². The molecule has 0 radical (unpaired) electrons. The number of hydrogen-bond donors (Lipinski definition) is 2. The van der Waals surface area contributed by atoms with Crippen molar-refractivity contribution in [3.63, 3.8) is 0 Å². The average molecular weight is 235 g/mol. The number of hydrogen-bond acceptors (Lipinski definition) is 3. The number of carbonyl (C=O) groups excluding carboxylic acids is 1. The number of carbonyl (C=O) groups is 1. The van der Waals surface area contributed by atoms with Gasteiger partial charge in [0.1, 0.15) is 0 Å². The molecule has 1 amide bonds. The third-order valence-electron chi connectivity index (χ3n) is 2.77. The second-order valence-corrected chi connectivity index (χ2v) is 4.66. The molecule has 0 saturated heterocycles. The normalized spacial score (nSPS) is 12.6. The molecule has 0 saturated carbocycles. The van der Waals surface area contributed by atoms with Gasteiger partial charge in [-0.3, -0.25) is 9.80 Å². The molecular formula is C13H21N3O. The first-order valence-electron chi connectivity index (χ1n) is 5.78. The van der Waals surface area contributed by atoms with Crippen molar-refractivity contribution in [3.05, 3.63) is 35.4 Å². The first kappa shape index (κ1) is 13.7. The predicted octanol–water partition coefficient (Wildman–Crippen LogP) is 1.01. The van der Waals surface area contributed by atoms with E-state index in [1.54, 1.807) is 0 Å². The number of hydrazine groups is 1. The van der Waals surface area contributed by atoms with Crippen LogP contribution < -0.4 is 11.6 Å². The van der Waals surface area contributed by atoms with Crippen LogP contribution in [0.2, 0.25) is 0 Å². The first-order valence-corrected chi connectivity index (χ1v) is 5.78. The monoisotopic (exact) mass is 235 g/mol. The summed E-state index contributed by atoms with van der Waals surface area (Å²) in [6.07, 6.45) is 0.513. The summed E-state index contributed by atoms with van der Waals surface area (Å²) >= 11 is 0. The maximum Gasteiger partial charge on any atom is 0.253 e. The Morgan fingerprint density at radius 3 is 2.24 bits per heavy atom. The minimum atomic E-state index is -0.574. The second-order valence-electron chi connectivity index (χ2n) is 4.66. The fourth-order valence-corrected chi connectivity index (χ4v) is 1.64. The summed E-state index contributed by atoms with van der Waals surface area (Å²) in [7, 11) is 1.50. The second kappa shape index (κ2) is 5.80. The average Bonchev–Trinajstić information content (AvgIpc) is 2.28. The first-order chi connectivity index (χ1) is 7.91. The summed E-state index contributed by atoms with van der Waals surface area (Å²) in [6, 6.07) is 7.60. The molecule has 1 aromatic rings. The van der Waals surface area contributed by atoms with Crippen molar-refractivity contribution in [1.29, 1.82) is 0 Å². The Morgan fingerprint density at radius 1 is 1.29 bits per heavy atom. The van der Waals surface area contributed by atoms with Gasteiger partial charge in [-0.25, -0.2) is 5.84 Å². The Labute approximate surface area is 103 Å². The van der Waals surface area contributed by atoms with Crippen molar-refractivity contribution in [2.45, 2.75) is 32.2 Å². The van der Waals surface area contributed by atoms with Crippen LogP contribution >= 0.6 is 0 Å². The van der Waals surface area contributed by atoms with E-state index in [1.807, 2.05) is 12.1 Å². The van der Waals surface area contributed by atoms with Gasteiger partial charge in [0.2, 0.25) is 0 Å². The SMILES string of the molecule is CC(C)c1ccc(CC(N)C(=O)N(C)N)cc1. The van der Waals surface area contributed by atoms with Crippen LogP contribution in [-0.2, 0) is 11.2 Å². The molecule has 1 unspecified atom stereocenters. The molecule has 1 rings (SSSR count). The van der Waals surface area contributed by atoms with Crippen LogP contribution in [0.4, 0.5) is 0 Å². The molecule has 17 heavy (non-hydrogen) atoms. The topological polar surface area (TPSA) is 72.4 Å². The molecule has 1 atom stereocenters. The van der Waals surface area contributed by atoms with Gasteiger partial charge in [0, 0.05) is 7.05 Å². The highest BCUT2D eigenvalue weighted by Gasteiger charge is 2.16. The van der Waals surface area contributed by atoms with Gasteiger partial charge in [0.05, 0.1) is 6.04 Å². The van der Waals surface area contributed by atoms with Crippen LogP contribution in [0.15, 0.2) is 24.3 Å². The Kier molecular flexibility index (Phi) is 4.66. The van der Waals surface area contributed by atoms with Gasteiger partial charge in [-0.2, -0.15) is 0 Å². The standard InChI is InChI=1S/C13H21N3O/c1-9(2)11-6-4-10(5-7-11)8-12(14)13(17)16(3)15/h4-7,9,12H,8,14-15H2,1-3H3. The van der Waals surface area contributed by atoms with Gasteiger partial charge < -0.3 is 5.73 Å². The summed E-state index contributed by atoms with van der Waals surface area (Å²) < 4.78 is 0. The van der Waals surface area contributed by atoms with E-state index in [1.165, 1.54) is 12.6 Å². The quantitative estimate of drug-likeness (QED) is 0.465. The highest BCUT2D eigenvalue weighted by molar-refractivity contribution is 5.81. The summed E-state index contributed by atoms with van der Waals surface area (Å²) in [6.45, 7) is 4.29. The molecule has 0 bridgehead atoms. The molecule has 0 heterocycles. The zero-order chi connectivity index (χ0) is 13.0. The van der Waals surface area contributed by atoms with Gasteiger partial charge in [-0.05, 0) is 23.5 Å². The van der Waals surface area contributed by atoms with Gasteiger partial charge in [0.25, 0.3) is 5.91 Å². The number of rotatable bonds is 4. The van der Waals surface area contributed by atoms with Crippen molar-refractivity contribution in [2.75, 3.05) is 7.05 Å². The largest absolute Gasteiger partial charge is 0.320 e. The van der Waals surface area contributed by atoms with E-state index < -0.39 is 6.04 Å². The van der Waals surface area contributed by atoms with Crippen LogP contribution in [0.1, 0.15) is 30.9 Å². The van der Waals surface area contributed by atoms with E-state index in [4.69, 9.17) is 11.6 Å². The van der Waals surface area contributed by atoms with Crippen LogP contribution in [-0.4, -0.2) is 24.0 Å². The molecular weight excluding hydrogens is 214 g/mol. The van der Waals surface area contributed by atoms with E-state index >= 15 is 0 Å². The maximum absolute atomic E-state index is 11.5. The molecule has 4 nitrogen and oxygen atoms in total. The fraction of sp³-hybridized carbons (Fsp3) is 0.462. The van der Waals surface area contributed by atoms with E-state index in [0.29, 0.717) is 12.3 Å². The Hall–Kier alpha value is -1.39. The Balaban J connectivity index is 2.66. The molecule has 4 heteroatoms. The van der Waals surface area contributed by atoms with Gasteiger partial charge in [-0.15, -0.1) is 0 Å². The zero-order valence-electron chi connectivity index (χ0n) is 10.7. The minimum Gasteiger partial charge on any atom is -0.320 e. The summed E-state index contributed by atoms with van der Waals surface area (Å²) in [5, 5.41) is 1.03. The summed E-state index contributed by atoms with van der Waals surface area (Å²) in [4.78, 5) is 11.5. The molecule has 0 aliphatic rings. The lowest BCUT2D eigenvalue weighted by molar-refractivity contribution is -0.131. The highest BCUT2D eigenvalue weighted by Crippen LogP contribution is 2.15. The molecule has 0 fully saturated rings. The lowest BCUT2D eigenvalue weighted by Gasteiger charge is -2.16. The number of benzene rings is 1. The summed E-state index contributed by atoms with van der Waals surface area (Å²) in [5.74, 6) is 5.62. The lowest BCUT2D eigenvalue weighted by atomic mass is 9.99. The molecule has 4 N–H and O–H groups in total. The predicted molar refractivity (Wildman–Crippen MR) is 69.2 cm³/mol. The van der Waals surface area contributed by atoms with E-state index in [9.17, 15) is 4.79 Å². The fourth-order valence-electron chi connectivity index (χ4n) is 1.64. The van der Waals surface area contributed by atoms with Crippen LogP contribution in [0.25, 0.3) is 0 Å². The van der Waals surface area contributed by atoms with Gasteiger partial charge in [-0.1, -0.05) is 38.1 Å². The highest BCUT2D eigenvalue weighted by atomic mass is 16.2. The van der Waals surface area contributed by atoms with Crippen molar-refractivity contribution in [3.8, 4) is 0 Å². The number of amides is 1. The van der Waals surface area contributed by atoms with E-state index in [-0.39, 0.29) is 5.91 Å². The van der Waals surface area contributed by atoms with Gasteiger partial charge >= 0.3 is 0 Å². The smallest absolute Gasteiger partial charge is 0.253 e. The molecule has 0 aliphatic heterocycles. The van der Waals surface area contributed by atoms with Crippen LogP contribution in [0.3, 0.4) is 0 Å². The minimum absolute atomic E-state index is 0.252. The van der Waals surface area contributed by atoms with Crippen LogP contribution in [0.5, 0.6) is 0 Å². The molecule has 0 spiro atoms. The molecule has 1 aromatic carbocycles. The number of nitrogens with two attached hydrogens (primary N) is 2. The molecule has 0 aliphatic carbocycles. The third kappa shape index (κ3) is 3.84.